The van der Waals surface area contributed by atoms with Crippen LogP contribution in [0.2, 0.25) is 0 Å². The summed E-state index contributed by atoms with van der Waals surface area (Å²) in [5, 5.41) is 10.8. The molecule has 0 aliphatic heterocycles. The van der Waals surface area contributed by atoms with Crippen LogP contribution < -0.4 is 9.64 Å². The van der Waals surface area contributed by atoms with Crippen LogP contribution in [0.5, 0.6) is 5.75 Å². The third-order valence-corrected chi connectivity index (χ3v) is 5.25. The molecule has 0 bridgehead atoms. The molecule has 2 heterocycles. The van der Waals surface area contributed by atoms with Gasteiger partial charge in [-0.2, -0.15) is 0 Å². The number of nitrogens with zero attached hydrogens (tertiary/aromatic N) is 4. The maximum absolute atomic E-state index is 5.46. The van der Waals surface area contributed by atoms with Gasteiger partial charge in [0.05, 0.1) is 7.11 Å². The topological polar surface area (TPSA) is 51.1 Å². The van der Waals surface area contributed by atoms with Crippen molar-refractivity contribution in [3.05, 3.63) is 53.3 Å². The summed E-state index contributed by atoms with van der Waals surface area (Å²) in [6.07, 6.45) is 4.71. The van der Waals surface area contributed by atoms with Crippen molar-refractivity contribution in [2.75, 3.05) is 18.6 Å². The normalized spacial score (nSPS) is 10.8. The number of rotatable bonds is 7. The molecular weight excluding hydrogens is 344 g/mol. The number of aromatic nitrogens is 3. The first-order valence-corrected chi connectivity index (χ1v) is 9.57. The minimum absolute atomic E-state index is 0.811. The van der Waals surface area contributed by atoms with Gasteiger partial charge >= 0.3 is 0 Å². The number of aryl methyl sites for hydroxylation is 2. The van der Waals surface area contributed by atoms with E-state index in [9.17, 15) is 0 Å². The van der Waals surface area contributed by atoms with E-state index in [2.05, 4.69) is 53.0 Å². The first-order chi connectivity index (χ1) is 12.6. The standard InChI is InChI=1S/C20H24N4OS/c1-5-10-24(13-16-6-8-21-9-7-16)20-23-22-19(26-20)17-11-14(2)18(25-4)15(3)12-17/h6-9,11-12H,5,10,13H2,1-4H3. The van der Waals surface area contributed by atoms with Gasteiger partial charge in [0.25, 0.3) is 0 Å². The van der Waals surface area contributed by atoms with Crippen LogP contribution in [0.25, 0.3) is 10.6 Å². The Morgan fingerprint density at radius 2 is 1.77 bits per heavy atom. The van der Waals surface area contributed by atoms with Crippen molar-refractivity contribution in [1.82, 2.24) is 15.2 Å². The van der Waals surface area contributed by atoms with Gasteiger partial charge in [-0.05, 0) is 61.2 Å². The minimum Gasteiger partial charge on any atom is -0.496 e. The number of methoxy groups -OCH3 is 1. The summed E-state index contributed by atoms with van der Waals surface area (Å²) in [4.78, 5) is 6.37. The monoisotopic (exact) mass is 368 g/mol. The van der Waals surface area contributed by atoms with Crippen molar-refractivity contribution in [3.63, 3.8) is 0 Å². The van der Waals surface area contributed by atoms with E-state index in [1.165, 1.54) is 5.56 Å². The summed E-state index contributed by atoms with van der Waals surface area (Å²) in [5.41, 5.74) is 4.54. The number of hydrogen-bond donors (Lipinski definition) is 0. The third-order valence-electron chi connectivity index (χ3n) is 4.21. The third kappa shape index (κ3) is 4.02. The zero-order valence-electron chi connectivity index (χ0n) is 15.7. The van der Waals surface area contributed by atoms with Crippen LogP contribution in [-0.4, -0.2) is 28.8 Å². The average Bonchev–Trinajstić information content (AvgIpc) is 3.12. The molecular formula is C20H24N4OS. The highest BCUT2D eigenvalue weighted by Crippen LogP contribution is 2.34. The molecule has 26 heavy (non-hydrogen) atoms. The van der Waals surface area contributed by atoms with Crippen LogP contribution in [0.3, 0.4) is 0 Å². The molecule has 0 spiro atoms. The van der Waals surface area contributed by atoms with E-state index in [0.29, 0.717) is 0 Å². The van der Waals surface area contributed by atoms with Gasteiger partial charge in [0.1, 0.15) is 10.8 Å². The quantitative estimate of drug-likeness (QED) is 0.608. The highest BCUT2D eigenvalue weighted by Gasteiger charge is 2.15. The largest absolute Gasteiger partial charge is 0.496 e. The molecule has 136 valence electrons. The lowest BCUT2D eigenvalue weighted by molar-refractivity contribution is 0.408. The fourth-order valence-electron chi connectivity index (χ4n) is 3.08. The summed E-state index contributed by atoms with van der Waals surface area (Å²) >= 11 is 1.63. The fourth-order valence-corrected chi connectivity index (χ4v) is 3.93. The molecule has 3 rings (SSSR count). The Labute approximate surface area is 158 Å². The van der Waals surface area contributed by atoms with E-state index in [0.717, 1.165) is 52.1 Å². The van der Waals surface area contributed by atoms with Gasteiger partial charge < -0.3 is 9.64 Å². The Bertz CT molecular complexity index is 840. The van der Waals surface area contributed by atoms with Crippen LogP contribution in [-0.2, 0) is 6.54 Å². The second-order valence-corrected chi connectivity index (χ2v) is 7.27. The Balaban J connectivity index is 1.87. The van der Waals surface area contributed by atoms with Crippen LogP contribution in [0.1, 0.15) is 30.0 Å². The van der Waals surface area contributed by atoms with Gasteiger partial charge in [0.2, 0.25) is 5.13 Å². The Kier molecular flexibility index (Phi) is 5.83. The summed E-state index contributed by atoms with van der Waals surface area (Å²) in [6, 6.07) is 8.31. The Hall–Kier alpha value is -2.47. The fraction of sp³-hybridized carbons (Fsp3) is 0.350. The molecule has 0 N–H and O–H groups in total. The highest BCUT2D eigenvalue weighted by atomic mass is 32.1. The lowest BCUT2D eigenvalue weighted by Crippen LogP contribution is -2.23. The second kappa shape index (κ2) is 8.27. The van der Waals surface area contributed by atoms with Crippen molar-refractivity contribution in [1.29, 1.82) is 0 Å². The predicted octanol–water partition coefficient (Wildman–Crippen LogP) is 4.64. The zero-order valence-corrected chi connectivity index (χ0v) is 16.5. The number of hydrogen-bond acceptors (Lipinski definition) is 6. The first-order valence-electron chi connectivity index (χ1n) is 8.75. The molecule has 3 aromatic rings. The molecule has 0 radical (unpaired) electrons. The number of benzene rings is 1. The molecule has 2 aromatic heterocycles. The summed E-state index contributed by atoms with van der Waals surface area (Å²) in [6.45, 7) is 8.05. The van der Waals surface area contributed by atoms with Gasteiger partial charge in [0.15, 0.2) is 0 Å². The van der Waals surface area contributed by atoms with Gasteiger partial charge in [-0.25, -0.2) is 0 Å². The van der Waals surface area contributed by atoms with E-state index in [4.69, 9.17) is 4.74 Å². The van der Waals surface area contributed by atoms with Crippen LogP contribution in [0, 0.1) is 13.8 Å². The van der Waals surface area contributed by atoms with Gasteiger partial charge in [-0.15, -0.1) is 10.2 Å². The number of ether oxygens (including phenoxy) is 1. The van der Waals surface area contributed by atoms with E-state index in [-0.39, 0.29) is 0 Å². The van der Waals surface area contributed by atoms with E-state index < -0.39 is 0 Å². The van der Waals surface area contributed by atoms with E-state index in [1.54, 1.807) is 18.4 Å². The summed E-state index contributed by atoms with van der Waals surface area (Å²) in [7, 11) is 1.71. The molecule has 0 aliphatic carbocycles. The molecule has 6 heteroatoms. The van der Waals surface area contributed by atoms with Gasteiger partial charge in [-0.3, -0.25) is 4.98 Å². The lowest BCUT2D eigenvalue weighted by atomic mass is 10.1. The molecule has 0 atom stereocenters. The number of anilines is 1. The maximum Gasteiger partial charge on any atom is 0.208 e. The summed E-state index contributed by atoms with van der Waals surface area (Å²) in [5.74, 6) is 0.934. The van der Waals surface area contributed by atoms with Crippen LogP contribution >= 0.6 is 11.3 Å². The van der Waals surface area contributed by atoms with E-state index in [1.807, 2.05) is 24.5 Å². The van der Waals surface area contributed by atoms with E-state index >= 15 is 0 Å². The second-order valence-electron chi connectivity index (χ2n) is 6.31. The summed E-state index contributed by atoms with van der Waals surface area (Å²) < 4.78 is 5.46. The minimum atomic E-state index is 0.811. The zero-order chi connectivity index (χ0) is 18.5. The molecule has 0 fully saturated rings. The average molecular weight is 369 g/mol. The Morgan fingerprint density at radius 1 is 1.08 bits per heavy atom. The van der Waals surface area contributed by atoms with Crippen LogP contribution in [0.15, 0.2) is 36.7 Å². The van der Waals surface area contributed by atoms with Crippen molar-refractivity contribution < 1.29 is 4.74 Å². The van der Waals surface area contributed by atoms with Crippen LogP contribution in [0.4, 0.5) is 5.13 Å². The molecule has 0 aliphatic rings. The van der Waals surface area contributed by atoms with Crippen molar-refractivity contribution in [2.45, 2.75) is 33.7 Å². The molecule has 0 unspecified atom stereocenters. The first kappa shape index (κ1) is 18.3. The Morgan fingerprint density at radius 3 is 2.38 bits per heavy atom. The van der Waals surface area contributed by atoms with Crippen molar-refractivity contribution in [3.8, 4) is 16.3 Å². The molecule has 0 amide bonds. The SMILES string of the molecule is CCCN(Cc1ccncc1)c1nnc(-c2cc(C)c(OC)c(C)c2)s1. The predicted molar refractivity (Wildman–Crippen MR) is 107 cm³/mol. The molecule has 5 nitrogen and oxygen atoms in total. The van der Waals surface area contributed by atoms with Gasteiger partial charge in [-0.1, -0.05) is 18.3 Å². The smallest absolute Gasteiger partial charge is 0.208 e. The van der Waals surface area contributed by atoms with Crippen molar-refractivity contribution >= 4 is 16.5 Å². The van der Waals surface area contributed by atoms with Gasteiger partial charge in [0, 0.05) is 31.0 Å². The van der Waals surface area contributed by atoms with Crippen molar-refractivity contribution in [2.24, 2.45) is 0 Å². The lowest BCUT2D eigenvalue weighted by Gasteiger charge is -2.20. The molecule has 0 saturated carbocycles. The highest BCUT2D eigenvalue weighted by molar-refractivity contribution is 7.18. The maximum atomic E-state index is 5.46. The number of pyridine rings is 1. The molecule has 1 aromatic carbocycles. The molecule has 0 saturated heterocycles.